The Kier molecular flexibility index (Phi) is 8.82. The average Bonchev–Trinajstić information content (AvgIpc) is 2.32. The van der Waals surface area contributed by atoms with Gasteiger partial charge in [-0.15, -0.1) is 24.9 Å². The van der Waals surface area contributed by atoms with E-state index in [1.807, 2.05) is 23.9 Å². The fourth-order valence-electron chi connectivity index (χ4n) is 1.49. The number of hydrogen-bond acceptors (Lipinski definition) is 2. The van der Waals surface area contributed by atoms with E-state index >= 15 is 0 Å². The Labute approximate surface area is 105 Å². The van der Waals surface area contributed by atoms with Crippen molar-refractivity contribution in [1.29, 1.82) is 0 Å². The lowest BCUT2D eigenvalue weighted by atomic mass is 10.3. The van der Waals surface area contributed by atoms with Gasteiger partial charge in [0.1, 0.15) is 0 Å². The second-order valence-electron chi connectivity index (χ2n) is 3.25. The number of likely N-dealkylation sites (N-methyl/N-ethyl adjacent to an activating group) is 1. The molecule has 0 saturated carbocycles. The molecule has 90 valence electrons. The third-order valence-corrected chi connectivity index (χ3v) is 3.37. The number of thioether (sulfide) groups is 1. The first-order valence-electron chi connectivity index (χ1n) is 5.67. The molecule has 0 aliphatic heterocycles. The topological polar surface area (TPSA) is 3.24 Å². The number of allylic oxidation sites excluding steroid dienone is 2. The molecule has 0 aromatic heterocycles. The van der Waals surface area contributed by atoms with Gasteiger partial charge in [0.2, 0.25) is 0 Å². The largest absolute Gasteiger partial charge is 0.367 e. The predicted octanol–water partition coefficient (Wildman–Crippen LogP) is 4.22. The zero-order valence-corrected chi connectivity index (χ0v) is 11.5. The van der Waals surface area contributed by atoms with Crippen molar-refractivity contribution in [3.05, 3.63) is 48.1 Å². The highest BCUT2D eigenvalue weighted by atomic mass is 32.2. The maximum atomic E-state index is 3.80. The van der Waals surface area contributed by atoms with E-state index in [1.165, 1.54) is 10.6 Å². The molecule has 0 aromatic carbocycles. The smallest absolute Gasteiger partial charge is 0.0460 e. The number of rotatable bonds is 8. The van der Waals surface area contributed by atoms with Crippen LogP contribution in [0.2, 0.25) is 0 Å². The van der Waals surface area contributed by atoms with Crippen LogP contribution in [0.1, 0.15) is 20.8 Å². The normalized spacial score (nSPS) is 12.4. The van der Waals surface area contributed by atoms with Crippen LogP contribution < -0.4 is 0 Å². The maximum absolute atomic E-state index is 3.80. The zero-order valence-electron chi connectivity index (χ0n) is 10.7. The Hall–Kier alpha value is -0.890. The molecule has 0 N–H and O–H groups in total. The fourth-order valence-corrected chi connectivity index (χ4v) is 2.35. The van der Waals surface area contributed by atoms with Gasteiger partial charge in [-0.1, -0.05) is 24.3 Å². The number of nitrogens with zero attached hydrogens (tertiary/aromatic N) is 1. The molecule has 0 spiro atoms. The van der Waals surface area contributed by atoms with Gasteiger partial charge >= 0.3 is 0 Å². The molecule has 0 aromatic rings. The zero-order chi connectivity index (χ0) is 12.4. The second-order valence-corrected chi connectivity index (χ2v) is 4.32. The second kappa shape index (κ2) is 9.34. The summed E-state index contributed by atoms with van der Waals surface area (Å²) in [5, 5.41) is 0. The molecule has 0 heterocycles. The van der Waals surface area contributed by atoms with Crippen molar-refractivity contribution in [2.24, 2.45) is 0 Å². The summed E-state index contributed by atoms with van der Waals surface area (Å²) in [6.07, 6.45) is 8.21. The Morgan fingerprint density at radius 2 is 1.88 bits per heavy atom. The molecule has 0 unspecified atom stereocenters. The summed E-state index contributed by atoms with van der Waals surface area (Å²) in [7, 11) is 0. The van der Waals surface area contributed by atoms with Crippen LogP contribution in [0.5, 0.6) is 0 Å². The van der Waals surface area contributed by atoms with E-state index in [2.05, 4.69) is 51.0 Å². The summed E-state index contributed by atoms with van der Waals surface area (Å²) in [4.78, 5) is 3.63. The molecular formula is C14H23NS. The van der Waals surface area contributed by atoms with E-state index in [1.54, 1.807) is 0 Å². The van der Waals surface area contributed by atoms with Crippen molar-refractivity contribution in [3.63, 3.8) is 0 Å². The SMILES string of the molecule is C=CCSC(=C/C)/C(=C\C)N(CC)CC=C. The summed E-state index contributed by atoms with van der Waals surface area (Å²) in [5.74, 6) is 0.947. The molecule has 0 fully saturated rings. The van der Waals surface area contributed by atoms with Crippen molar-refractivity contribution in [3.8, 4) is 0 Å². The predicted molar refractivity (Wildman–Crippen MR) is 77.6 cm³/mol. The van der Waals surface area contributed by atoms with Crippen molar-refractivity contribution in [2.75, 3.05) is 18.8 Å². The maximum Gasteiger partial charge on any atom is 0.0460 e. The lowest BCUT2D eigenvalue weighted by Gasteiger charge is -2.26. The summed E-state index contributed by atoms with van der Waals surface area (Å²) in [6.45, 7) is 15.8. The monoisotopic (exact) mass is 237 g/mol. The molecule has 2 heteroatoms. The quantitative estimate of drug-likeness (QED) is 0.459. The van der Waals surface area contributed by atoms with Gasteiger partial charge in [0.15, 0.2) is 0 Å². The van der Waals surface area contributed by atoms with Gasteiger partial charge in [-0.05, 0) is 20.8 Å². The van der Waals surface area contributed by atoms with Crippen LogP contribution in [-0.2, 0) is 0 Å². The first-order chi connectivity index (χ1) is 7.74. The lowest BCUT2D eigenvalue weighted by Crippen LogP contribution is -2.23. The molecule has 0 saturated heterocycles. The van der Waals surface area contributed by atoms with Gasteiger partial charge in [-0.25, -0.2) is 0 Å². The molecule has 0 rings (SSSR count). The Morgan fingerprint density at radius 3 is 2.25 bits per heavy atom. The number of hydrogen-bond donors (Lipinski definition) is 0. The highest BCUT2D eigenvalue weighted by Crippen LogP contribution is 2.26. The van der Waals surface area contributed by atoms with Crippen LogP contribution in [0.3, 0.4) is 0 Å². The summed E-state index contributed by atoms with van der Waals surface area (Å²) in [5.41, 5.74) is 1.29. The van der Waals surface area contributed by atoms with Crippen molar-refractivity contribution in [2.45, 2.75) is 20.8 Å². The summed E-state index contributed by atoms with van der Waals surface area (Å²) < 4.78 is 0. The minimum atomic E-state index is 0.891. The third kappa shape index (κ3) is 4.75. The minimum absolute atomic E-state index is 0.891. The molecule has 1 nitrogen and oxygen atoms in total. The van der Waals surface area contributed by atoms with Crippen LogP contribution in [0, 0.1) is 0 Å². The van der Waals surface area contributed by atoms with E-state index in [9.17, 15) is 0 Å². The molecule has 0 aliphatic carbocycles. The van der Waals surface area contributed by atoms with Crippen LogP contribution in [0.25, 0.3) is 0 Å². The summed E-state index contributed by atoms with van der Waals surface area (Å²) in [6, 6.07) is 0. The van der Waals surface area contributed by atoms with E-state index in [0.29, 0.717) is 0 Å². The van der Waals surface area contributed by atoms with Crippen LogP contribution >= 0.6 is 11.8 Å². The van der Waals surface area contributed by atoms with Crippen molar-refractivity contribution >= 4 is 11.8 Å². The standard InChI is InChI=1S/C14H23NS/c1-6-11-15(10-5)13(8-3)14(9-4)16-12-7-2/h6-9H,1-2,10-12H2,3-5H3/b13-8+,14-9+. The molecule has 0 amide bonds. The van der Waals surface area contributed by atoms with E-state index < -0.39 is 0 Å². The highest BCUT2D eigenvalue weighted by molar-refractivity contribution is 8.03. The minimum Gasteiger partial charge on any atom is -0.367 e. The van der Waals surface area contributed by atoms with Crippen molar-refractivity contribution in [1.82, 2.24) is 4.90 Å². The van der Waals surface area contributed by atoms with Gasteiger partial charge in [0, 0.05) is 29.4 Å². The molecule has 16 heavy (non-hydrogen) atoms. The molecule has 0 bridgehead atoms. The molecule has 0 radical (unpaired) electrons. The Balaban J connectivity index is 4.79. The highest BCUT2D eigenvalue weighted by Gasteiger charge is 2.09. The van der Waals surface area contributed by atoms with E-state index in [0.717, 1.165) is 18.8 Å². The molecule has 0 atom stereocenters. The van der Waals surface area contributed by atoms with E-state index in [-0.39, 0.29) is 0 Å². The van der Waals surface area contributed by atoms with Gasteiger partial charge in [-0.2, -0.15) is 0 Å². The molecular weight excluding hydrogens is 214 g/mol. The van der Waals surface area contributed by atoms with Crippen molar-refractivity contribution < 1.29 is 0 Å². The average molecular weight is 237 g/mol. The molecule has 0 aliphatic rings. The van der Waals surface area contributed by atoms with Crippen LogP contribution in [0.4, 0.5) is 0 Å². The third-order valence-electron chi connectivity index (χ3n) is 2.22. The van der Waals surface area contributed by atoms with Gasteiger partial charge in [0.25, 0.3) is 0 Å². The first-order valence-corrected chi connectivity index (χ1v) is 6.66. The van der Waals surface area contributed by atoms with Crippen LogP contribution in [-0.4, -0.2) is 23.7 Å². The van der Waals surface area contributed by atoms with Crippen LogP contribution in [0.15, 0.2) is 48.1 Å². The van der Waals surface area contributed by atoms with Gasteiger partial charge < -0.3 is 4.90 Å². The van der Waals surface area contributed by atoms with Gasteiger partial charge in [0.05, 0.1) is 0 Å². The summed E-state index contributed by atoms with van der Waals surface area (Å²) >= 11 is 1.82. The Bertz CT molecular complexity index is 276. The Morgan fingerprint density at radius 1 is 1.19 bits per heavy atom. The first kappa shape index (κ1) is 15.1. The van der Waals surface area contributed by atoms with E-state index in [4.69, 9.17) is 0 Å². The lowest BCUT2D eigenvalue weighted by molar-refractivity contribution is 0.412. The fraction of sp³-hybridized carbons (Fsp3) is 0.429. The van der Waals surface area contributed by atoms with Gasteiger partial charge in [-0.3, -0.25) is 0 Å².